The first-order valence-corrected chi connectivity index (χ1v) is 7.02. The molecule has 0 saturated heterocycles. The van der Waals surface area contributed by atoms with Crippen LogP contribution in [0.5, 0.6) is 0 Å². The highest BCUT2D eigenvalue weighted by molar-refractivity contribution is 9.11. The van der Waals surface area contributed by atoms with Crippen molar-refractivity contribution < 1.29 is 9.90 Å². The third-order valence-corrected chi connectivity index (χ3v) is 3.27. The molecule has 0 saturated carbocycles. The van der Waals surface area contributed by atoms with Gasteiger partial charge in [-0.15, -0.1) is 0 Å². The van der Waals surface area contributed by atoms with E-state index < -0.39 is 12.0 Å². The summed E-state index contributed by atoms with van der Waals surface area (Å²) in [5.41, 5.74) is 1.05. The molecule has 0 spiro atoms. The maximum atomic E-state index is 11.0. The molecule has 94 valence electrons. The number of hydrogen-bond donors (Lipinski definition) is 2. The van der Waals surface area contributed by atoms with Crippen molar-refractivity contribution in [2.45, 2.75) is 32.4 Å². The predicted molar refractivity (Wildman–Crippen MR) is 75.0 cm³/mol. The van der Waals surface area contributed by atoms with Gasteiger partial charge in [0.1, 0.15) is 6.04 Å². The zero-order valence-corrected chi connectivity index (χ0v) is 12.7. The SMILES string of the molecule is CCCC(NCc1cc(Br)cc(Br)c1)C(=O)O. The molecule has 1 rings (SSSR count). The number of carboxylic acids is 1. The van der Waals surface area contributed by atoms with Crippen molar-refractivity contribution in [3.8, 4) is 0 Å². The lowest BCUT2D eigenvalue weighted by molar-refractivity contribution is -0.139. The third-order valence-electron chi connectivity index (χ3n) is 2.35. The number of benzene rings is 1. The first-order chi connectivity index (χ1) is 8.02. The standard InChI is InChI=1S/C12H15Br2NO2/c1-2-3-11(12(16)17)15-7-8-4-9(13)6-10(14)5-8/h4-6,11,15H,2-3,7H2,1H3,(H,16,17). The summed E-state index contributed by atoms with van der Waals surface area (Å²) < 4.78 is 1.96. The summed E-state index contributed by atoms with van der Waals surface area (Å²) in [6.45, 7) is 2.53. The molecular formula is C12H15Br2NO2. The van der Waals surface area contributed by atoms with Crippen molar-refractivity contribution in [2.75, 3.05) is 0 Å². The monoisotopic (exact) mass is 363 g/mol. The van der Waals surface area contributed by atoms with Crippen molar-refractivity contribution in [1.29, 1.82) is 0 Å². The van der Waals surface area contributed by atoms with Gasteiger partial charge in [-0.25, -0.2) is 0 Å². The Morgan fingerprint density at radius 3 is 2.41 bits per heavy atom. The van der Waals surface area contributed by atoms with E-state index in [9.17, 15) is 4.79 Å². The summed E-state index contributed by atoms with van der Waals surface area (Å²) in [6.07, 6.45) is 1.50. The molecule has 0 heterocycles. The quantitative estimate of drug-likeness (QED) is 0.811. The van der Waals surface area contributed by atoms with Crippen LogP contribution < -0.4 is 5.32 Å². The van der Waals surface area contributed by atoms with E-state index in [1.165, 1.54) is 0 Å². The summed E-state index contributed by atoms with van der Waals surface area (Å²) >= 11 is 6.81. The minimum absolute atomic E-state index is 0.474. The van der Waals surface area contributed by atoms with Gasteiger partial charge in [-0.05, 0) is 30.2 Å². The second-order valence-electron chi connectivity index (χ2n) is 3.84. The maximum Gasteiger partial charge on any atom is 0.320 e. The van der Waals surface area contributed by atoms with E-state index in [4.69, 9.17) is 5.11 Å². The lowest BCUT2D eigenvalue weighted by atomic mass is 10.1. The van der Waals surface area contributed by atoms with Gasteiger partial charge in [0.2, 0.25) is 0 Å². The molecule has 1 atom stereocenters. The van der Waals surface area contributed by atoms with Gasteiger partial charge in [0, 0.05) is 15.5 Å². The topological polar surface area (TPSA) is 49.3 Å². The van der Waals surface area contributed by atoms with Crippen LogP contribution in [-0.2, 0) is 11.3 Å². The van der Waals surface area contributed by atoms with Crippen LogP contribution in [0.2, 0.25) is 0 Å². The number of aliphatic carboxylic acids is 1. The Morgan fingerprint density at radius 1 is 1.35 bits per heavy atom. The molecule has 0 bridgehead atoms. The number of rotatable bonds is 6. The van der Waals surface area contributed by atoms with Gasteiger partial charge in [-0.1, -0.05) is 45.2 Å². The molecular weight excluding hydrogens is 350 g/mol. The molecule has 0 radical (unpaired) electrons. The average molecular weight is 365 g/mol. The smallest absolute Gasteiger partial charge is 0.320 e. The van der Waals surface area contributed by atoms with E-state index in [0.29, 0.717) is 13.0 Å². The molecule has 17 heavy (non-hydrogen) atoms. The van der Waals surface area contributed by atoms with Crippen LogP contribution in [0.15, 0.2) is 27.1 Å². The predicted octanol–water partition coefficient (Wildman–Crippen LogP) is 3.55. The van der Waals surface area contributed by atoms with Crippen molar-refractivity contribution in [3.63, 3.8) is 0 Å². The summed E-state index contributed by atoms with van der Waals surface area (Å²) in [5.74, 6) is -0.791. The fourth-order valence-electron chi connectivity index (χ4n) is 1.56. The van der Waals surface area contributed by atoms with Crippen LogP contribution in [0.1, 0.15) is 25.3 Å². The zero-order valence-electron chi connectivity index (χ0n) is 9.54. The Bertz CT molecular complexity index is 376. The van der Waals surface area contributed by atoms with Crippen LogP contribution in [0.25, 0.3) is 0 Å². The van der Waals surface area contributed by atoms with Crippen LogP contribution in [0.3, 0.4) is 0 Å². The Kier molecular flexibility index (Phi) is 6.16. The van der Waals surface area contributed by atoms with Gasteiger partial charge in [0.25, 0.3) is 0 Å². The third kappa shape index (κ3) is 5.19. The summed E-state index contributed by atoms with van der Waals surface area (Å²) in [4.78, 5) is 11.0. The molecule has 3 nitrogen and oxygen atoms in total. The molecule has 0 aliphatic carbocycles. The van der Waals surface area contributed by atoms with Gasteiger partial charge in [-0.3, -0.25) is 4.79 Å². The highest BCUT2D eigenvalue weighted by atomic mass is 79.9. The highest BCUT2D eigenvalue weighted by Crippen LogP contribution is 2.20. The van der Waals surface area contributed by atoms with E-state index in [1.807, 2.05) is 25.1 Å². The number of halogens is 2. The average Bonchev–Trinajstić information content (AvgIpc) is 2.22. The Hall–Kier alpha value is -0.390. The summed E-state index contributed by atoms with van der Waals surface area (Å²) in [6, 6.07) is 5.42. The normalized spacial score (nSPS) is 12.4. The molecule has 0 aliphatic rings. The lowest BCUT2D eigenvalue weighted by Gasteiger charge is -2.13. The van der Waals surface area contributed by atoms with E-state index in [-0.39, 0.29) is 0 Å². The van der Waals surface area contributed by atoms with Gasteiger partial charge in [0.05, 0.1) is 0 Å². The molecule has 5 heteroatoms. The van der Waals surface area contributed by atoms with Crippen molar-refractivity contribution in [1.82, 2.24) is 5.32 Å². The molecule has 1 unspecified atom stereocenters. The lowest BCUT2D eigenvalue weighted by Crippen LogP contribution is -2.35. The van der Waals surface area contributed by atoms with Crippen molar-refractivity contribution in [2.24, 2.45) is 0 Å². The minimum Gasteiger partial charge on any atom is -0.480 e. The summed E-state index contributed by atoms with van der Waals surface area (Å²) in [7, 11) is 0. The van der Waals surface area contributed by atoms with Crippen molar-refractivity contribution >= 4 is 37.8 Å². The van der Waals surface area contributed by atoms with Gasteiger partial charge >= 0.3 is 5.97 Å². The first kappa shape index (κ1) is 14.7. The molecule has 0 aliphatic heterocycles. The molecule has 0 amide bonds. The first-order valence-electron chi connectivity index (χ1n) is 5.44. The minimum atomic E-state index is -0.791. The molecule has 0 aromatic heterocycles. The van der Waals surface area contributed by atoms with Crippen molar-refractivity contribution in [3.05, 3.63) is 32.7 Å². The molecule has 1 aromatic rings. The van der Waals surface area contributed by atoms with Crippen LogP contribution >= 0.6 is 31.9 Å². The van der Waals surface area contributed by atoms with Crippen LogP contribution in [0, 0.1) is 0 Å². The summed E-state index contributed by atoms with van der Waals surface area (Å²) in [5, 5.41) is 12.1. The van der Waals surface area contributed by atoms with Gasteiger partial charge in [-0.2, -0.15) is 0 Å². The zero-order chi connectivity index (χ0) is 12.8. The second kappa shape index (κ2) is 7.13. The number of carbonyl (C=O) groups is 1. The number of carboxylic acid groups (broad SMARTS) is 1. The maximum absolute atomic E-state index is 11.0. The fraction of sp³-hybridized carbons (Fsp3) is 0.417. The molecule has 1 aromatic carbocycles. The highest BCUT2D eigenvalue weighted by Gasteiger charge is 2.15. The van der Waals surface area contributed by atoms with E-state index in [1.54, 1.807) is 0 Å². The van der Waals surface area contributed by atoms with Crippen LogP contribution in [-0.4, -0.2) is 17.1 Å². The van der Waals surface area contributed by atoms with E-state index in [0.717, 1.165) is 20.9 Å². The Morgan fingerprint density at radius 2 is 1.94 bits per heavy atom. The Labute approximate surface area is 118 Å². The molecule has 2 N–H and O–H groups in total. The van der Waals surface area contributed by atoms with Gasteiger partial charge in [0.15, 0.2) is 0 Å². The molecule has 0 fully saturated rings. The fourth-order valence-corrected chi connectivity index (χ4v) is 2.94. The van der Waals surface area contributed by atoms with Crippen LogP contribution in [0.4, 0.5) is 0 Å². The number of nitrogens with one attached hydrogen (secondary N) is 1. The van der Waals surface area contributed by atoms with E-state index >= 15 is 0 Å². The number of hydrogen-bond acceptors (Lipinski definition) is 2. The Balaban J connectivity index is 2.61. The van der Waals surface area contributed by atoms with Gasteiger partial charge < -0.3 is 10.4 Å². The second-order valence-corrected chi connectivity index (χ2v) is 5.67. The largest absolute Gasteiger partial charge is 0.480 e. The van der Waals surface area contributed by atoms with E-state index in [2.05, 4.69) is 37.2 Å².